The Morgan fingerprint density at radius 2 is 2.00 bits per heavy atom. The van der Waals surface area contributed by atoms with Crippen molar-refractivity contribution < 1.29 is 9.13 Å². The summed E-state index contributed by atoms with van der Waals surface area (Å²) in [6.07, 6.45) is 4.77. The summed E-state index contributed by atoms with van der Waals surface area (Å²) < 4.78 is 19.3. The molecule has 0 amide bonds. The van der Waals surface area contributed by atoms with Crippen LogP contribution in [0, 0.1) is 0 Å². The van der Waals surface area contributed by atoms with E-state index >= 15 is 0 Å². The number of benzene rings is 1. The van der Waals surface area contributed by atoms with Crippen molar-refractivity contribution in [3.63, 3.8) is 0 Å². The Hall–Kier alpha value is -1.09. The molecule has 1 fully saturated rings. The largest absolute Gasteiger partial charge is 0.496 e. The van der Waals surface area contributed by atoms with Crippen LogP contribution in [0.25, 0.3) is 0 Å². The summed E-state index contributed by atoms with van der Waals surface area (Å²) in [6.45, 7) is 2.16. The van der Waals surface area contributed by atoms with Crippen molar-refractivity contribution in [1.82, 2.24) is 0 Å². The van der Waals surface area contributed by atoms with E-state index in [4.69, 9.17) is 10.5 Å². The Bertz CT molecular complexity index is 425. The molecule has 19 heavy (non-hydrogen) atoms. The molecule has 1 atom stereocenters. The first-order valence-electron chi connectivity index (χ1n) is 7.16. The lowest BCUT2D eigenvalue weighted by Crippen LogP contribution is -2.37. The van der Waals surface area contributed by atoms with E-state index in [0.29, 0.717) is 17.9 Å². The number of methoxy groups -OCH3 is 1. The minimum Gasteiger partial charge on any atom is -0.496 e. The molecule has 0 aliphatic heterocycles. The molecule has 0 saturated heterocycles. The van der Waals surface area contributed by atoms with Gasteiger partial charge in [0.25, 0.3) is 0 Å². The predicted octanol–water partition coefficient (Wildman–Crippen LogP) is 3.89. The summed E-state index contributed by atoms with van der Waals surface area (Å²) in [4.78, 5) is 0. The Morgan fingerprint density at radius 1 is 1.32 bits per heavy atom. The summed E-state index contributed by atoms with van der Waals surface area (Å²) in [6, 6.07) is 5.79. The molecule has 3 heteroatoms. The molecule has 0 bridgehead atoms. The zero-order chi connectivity index (χ0) is 13.9. The fourth-order valence-corrected chi connectivity index (χ4v) is 3.33. The maximum absolute atomic E-state index is 13.7. The lowest BCUT2D eigenvalue weighted by atomic mass is 9.68. The second-order valence-corrected chi connectivity index (χ2v) is 5.59. The number of hydrogen-bond acceptors (Lipinski definition) is 2. The van der Waals surface area contributed by atoms with Gasteiger partial charge in [0, 0.05) is 23.1 Å². The molecule has 0 heterocycles. The van der Waals surface area contributed by atoms with Crippen LogP contribution >= 0.6 is 0 Å². The van der Waals surface area contributed by atoms with Gasteiger partial charge in [-0.3, -0.25) is 0 Å². The number of hydrogen-bond donors (Lipinski definition) is 1. The fraction of sp³-hybridized carbons (Fsp3) is 0.625. The molecule has 0 aromatic heterocycles. The van der Waals surface area contributed by atoms with E-state index in [9.17, 15) is 4.39 Å². The maximum atomic E-state index is 13.7. The van der Waals surface area contributed by atoms with Gasteiger partial charge in [-0.05, 0) is 19.8 Å². The van der Waals surface area contributed by atoms with Crippen molar-refractivity contribution in [2.24, 2.45) is 5.73 Å². The highest BCUT2D eigenvalue weighted by Crippen LogP contribution is 2.45. The minimum absolute atomic E-state index is 0.0332. The van der Waals surface area contributed by atoms with Gasteiger partial charge in [0.05, 0.1) is 7.11 Å². The molecule has 1 aliphatic carbocycles. The lowest BCUT2D eigenvalue weighted by Gasteiger charge is -2.38. The Morgan fingerprint density at radius 3 is 2.53 bits per heavy atom. The minimum atomic E-state index is -1.02. The smallest absolute Gasteiger partial charge is 0.128 e. The van der Waals surface area contributed by atoms with Gasteiger partial charge in [0.2, 0.25) is 0 Å². The molecule has 2 rings (SSSR count). The molecule has 1 aliphatic rings. The van der Waals surface area contributed by atoms with Gasteiger partial charge in [0.1, 0.15) is 11.9 Å². The number of nitrogens with two attached hydrogens (primary N) is 1. The van der Waals surface area contributed by atoms with Crippen LogP contribution in [0.5, 0.6) is 5.75 Å². The van der Waals surface area contributed by atoms with Gasteiger partial charge in [0.15, 0.2) is 0 Å². The summed E-state index contributed by atoms with van der Waals surface area (Å²) >= 11 is 0. The van der Waals surface area contributed by atoms with Crippen LogP contribution < -0.4 is 10.5 Å². The normalized spacial score (nSPS) is 20.0. The molecule has 1 unspecified atom stereocenters. The van der Waals surface area contributed by atoms with Crippen LogP contribution in [-0.2, 0) is 5.41 Å². The van der Waals surface area contributed by atoms with E-state index in [1.165, 1.54) is 19.3 Å². The summed E-state index contributed by atoms with van der Waals surface area (Å²) in [5.41, 5.74) is 7.77. The SMILES string of the molecule is COc1c(C(C)F)cccc1C1(CN)CCCCC1. The molecule has 1 aromatic rings. The number of halogens is 1. The monoisotopic (exact) mass is 265 g/mol. The van der Waals surface area contributed by atoms with Gasteiger partial charge < -0.3 is 10.5 Å². The van der Waals surface area contributed by atoms with E-state index in [2.05, 4.69) is 6.07 Å². The van der Waals surface area contributed by atoms with Gasteiger partial charge in [-0.15, -0.1) is 0 Å². The van der Waals surface area contributed by atoms with Crippen LogP contribution in [0.4, 0.5) is 4.39 Å². The summed E-state index contributed by atoms with van der Waals surface area (Å²) in [5.74, 6) is 0.699. The van der Waals surface area contributed by atoms with E-state index in [0.717, 1.165) is 18.4 Å². The fourth-order valence-electron chi connectivity index (χ4n) is 3.33. The van der Waals surface area contributed by atoms with Crippen molar-refractivity contribution in [2.75, 3.05) is 13.7 Å². The van der Waals surface area contributed by atoms with Gasteiger partial charge >= 0.3 is 0 Å². The van der Waals surface area contributed by atoms with Gasteiger partial charge in [-0.2, -0.15) is 0 Å². The van der Waals surface area contributed by atoms with Crippen LogP contribution in [0.1, 0.15) is 56.3 Å². The molecule has 1 saturated carbocycles. The second-order valence-electron chi connectivity index (χ2n) is 5.59. The highest BCUT2D eigenvalue weighted by molar-refractivity contribution is 5.47. The van der Waals surface area contributed by atoms with E-state index < -0.39 is 6.17 Å². The van der Waals surface area contributed by atoms with E-state index in [1.54, 1.807) is 20.1 Å². The quantitative estimate of drug-likeness (QED) is 0.896. The summed E-state index contributed by atoms with van der Waals surface area (Å²) in [5, 5.41) is 0. The first-order chi connectivity index (χ1) is 9.14. The van der Waals surface area contributed by atoms with Crippen LogP contribution in [0.2, 0.25) is 0 Å². The highest BCUT2D eigenvalue weighted by Gasteiger charge is 2.35. The molecule has 1 aromatic carbocycles. The van der Waals surface area contributed by atoms with Gasteiger partial charge in [-0.25, -0.2) is 4.39 Å². The van der Waals surface area contributed by atoms with Crippen molar-refractivity contribution in [3.8, 4) is 5.75 Å². The zero-order valence-corrected chi connectivity index (χ0v) is 11.9. The molecule has 2 N–H and O–H groups in total. The molecule has 2 nitrogen and oxygen atoms in total. The molecule has 0 spiro atoms. The second kappa shape index (κ2) is 5.91. The van der Waals surface area contributed by atoms with Crippen LogP contribution in [0.15, 0.2) is 18.2 Å². The Labute approximate surface area is 115 Å². The van der Waals surface area contributed by atoms with Crippen molar-refractivity contribution in [3.05, 3.63) is 29.3 Å². The number of alkyl halides is 1. The zero-order valence-electron chi connectivity index (χ0n) is 11.9. The standard InChI is InChI=1S/C16H24FNO/c1-12(17)13-7-6-8-14(15(13)19-2)16(11-18)9-4-3-5-10-16/h6-8,12H,3-5,9-11,18H2,1-2H3. The third-order valence-electron chi connectivity index (χ3n) is 4.45. The highest BCUT2D eigenvalue weighted by atomic mass is 19.1. The van der Waals surface area contributed by atoms with Gasteiger partial charge in [-0.1, -0.05) is 37.5 Å². The molecular weight excluding hydrogens is 241 g/mol. The van der Waals surface area contributed by atoms with Crippen LogP contribution in [-0.4, -0.2) is 13.7 Å². The average Bonchev–Trinajstić information content (AvgIpc) is 2.47. The first kappa shape index (κ1) is 14.3. The number of rotatable bonds is 4. The van der Waals surface area contributed by atoms with Crippen molar-refractivity contribution in [2.45, 2.75) is 50.6 Å². The average molecular weight is 265 g/mol. The first-order valence-corrected chi connectivity index (χ1v) is 7.16. The summed E-state index contributed by atoms with van der Waals surface area (Å²) in [7, 11) is 1.62. The Balaban J connectivity index is 2.50. The predicted molar refractivity (Wildman–Crippen MR) is 76.3 cm³/mol. The topological polar surface area (TPSA) is 35.2 Å². The molecule has 0 radical (unpaired) electrons. The number of ether oxygens (including phenoxy) is 1. The third kappa shape index (κ3) is 2.62. The van der Waals surface area contributed by atoms with Crippen molar-refractivity contribution >= 4 is 0 Å². The maximum Gasteiger partial charge on any atom is 0.128 e. The van der Waals surface area contributed by atoms with E-state index in [1.807, 2.05) is 6.07 Å². The van der Waals surface area contributed by atoms with E-state index in [-0.39, 0.29) is 5.41 Å². The van der Waals surface area contributed by atoms with Crippen molar-refractivity contribution in [1.29, 1.82) is 0 Å². The molecule has 106 valence electrons. The third-order valence-corrected chi connectivity index (χ3v) is 4.45. The van der Waals surface area contributed by atoms with Crippen LogP contribution in [0.3, 0.4) is 0 Å². The lowest BCUT2D eigenvalue weighted by molar-refractivity contribution is 0.282. The molecular formula is C16H24FNO. The number of para-hydroxylation sites is 1. The Kier molecular flexibility index (Phi) is 4.46.